The highest BCUT2D eigenvalue weighted by Gasteiger charge is 2.21. The number of rotatable bonds is 5. The monoisotopic (exact) mass is 170 g/mol. The lowest BCUT2D eigenvalue weighted by molar-refractivity contribution is -0.149. The zero-order chi connectivity index (χ0) is 9.56. The van der Waals surface area contributed by atoms with Gasteiger partial charge in [-0.15, -0.1) is 6.58 Å². The average Bonchev–Trinajstić information content (AvgIpc) is 1.99. The molecule has 0 amide bonds. The third kappa shape index (κ3) is 3.56. The molecule has 0 rings (SSSR count). The van der Waals surface area contributed by atoms with Gasteiger partial charge in [0.2, 0.25) is 0 Å². The lowest BCUT2D eigenvalue weighted by atomic mass is 9.93. The normalized spacial score (nSPS) is 12.7. The zero-order valence-electron chi connectivity index (χ0n) is 8.17. The molecule has 0 fully saturated rings. The lowest BCUT2D eigenvalue weighted by Gasteiger charge is -2.16. The van der Waals surface area contributed by atoms with Gasteiger partial charge in [-0.1, -0.05) is 19.9 Å². The van der Waals surface area contributed by atoms with Gasteiger partial charge >= 0.3 is 5.97 Å². The maximum Gasteiger partial charge on any atom is 0.309 e. The van der Waals surface area contributed by atoms with Crippen molar-refractivity contribution in [2.24, 2.45) is 11.8 Å². The van der Waals surface area contributed by atoms with E-state index >= 15 is 0 Å². The molecule has 0 saturated carbocycles. The molecule has 0 aromatic carbocycles. The molecule has 0 N–H and O–H groups in total. The van der Waals surface area contributed by atoms with E-state index in [1.165, 1.54) is 0 Å². The summed E-state index contributed by atoms with van der Waals surface area (Å²) in [6.45, 7) is 9.94. The Kier molecular flexibility index (Phi) is 5.43. The quantitative estimate of drug-likeness (QED) is 0.468. The van der Waals surface area contributed by atoms with E-state index in [-0.39, 0.29) is 11.9 Å². The number of hydrogen-bond acceptors (Lipinski definition) is 2. The number of allylic oxidation sites excluding steroid dienone is 1. The van der Waals surface area contributed by atoms with Crippen molar-refractivity contribution >= 4 is 5.97 Å². The molecule has 2 heteroatoms. The van der Waals surface area contributed by atoms with E-state index in [9.17, 15) is 4.79 Å². The minimum Gasteiger partial charge on any atom is -0.466 e. The first-order valence-corrected chi connectivity index (χ1v) is 4.41. The number of ether oxygens (including phenoxy) is 1. The smallest absolute Gasteiger partial charge is 0.309 e. The number of esters is 1. The van der Waals surface area contributed by atoms with Crippen molar-refractivity contribution < 1.29 is 9.53 Å². The van der Waals surface area contributed by atoms with E-state index in [0.29, 0.717) is 18.9 Å². The molecule has 0 aromatic rings. The van der Waals surface area contributed by atoms with Crippen molar-refractivity contribution in [2.45, 2.75) is 27.2 Å². The minimum atomic E-state index is -0.104. The second-order valence-corrected chi connectivity index (χ2v) is 3.13. The first kappa shape index (κ1) is 11.2. The van der Waals surface area contributed by atoms with Crippen molar-refractivity contribution in [3.63, 3.8) is 0 Å². The summed E-state index contributed by atoms with van der Waals surface area (Å²) >= 11 is 0. The lowest BCUT2D eigenvalue weighted by Crippen LogP contribution is -2.22. The number of carbonyl (C=O) groups excluding carboxylic acids is 1. The van der Waals surface area contributed by atoms with Crippen LogP contribution in [0.2, 0.25) is 0 Å². The van der Waals surface area contributed by atoms with Gasteiger partial charge in [0.05, 0.1) is 12.5 Å². The van der Waals surface area contributed by atoms with Crippen molar-refractivity contribution in [1.29, 1.82) is 0 Å². The summed E-state index contributed by atoms with van der Waals surface area (Å²) in [7, 11) is 0. The van der Waals surface area contributed by atoms with Crippen LogP contribution in [0.1, 0.15) is 27.2 Å². The van der Waals surface area contributed by atoms with E-state index in [0.717, 1.165) is 0 Å². The second kappa shape index (κ2) is 5.81. The Morgan fingerprint density at radius 1 is 1.58 bits per heavy atom. The summed E-state index contributed by atoms with van der Waals surface area (Å²) in [5, 5.41) is 0. The van der Waals surface area contributed by atoms with Crippen LogP contribution in [0.15, 0.2) is 12.7 Å². The average molecular weight is 170 g/mol. The molecule has 2 nitrogen and oxygen atoms in total. The third-order valence-electron chi connectivity index (χ3n) is 1.81. The van der Waals surface area contributed by atoms with Gasteiger partial charge < -0.3 is 4.74 Å². The first-order valence-electron chi connectivity index (χ1n) is 4.41. The highest BCUT2D eigenvalue weighted by molar-refractivity contribution is 5.72. The van der Waals surface area contributed by atoms with Gasteiger partial charge in [-0.3, -0.25) is 4.79 Å². The maximum atomic E-state index is 11.3. The highest BCUT2D eigenvalue weighted by atomic mass is 16.5. The summed E-state index contributed by atoms with van der Waals surface area (Å²) < 4.78 is 4.93. The fourth-order valence-corrected chi connectivity index (χ4v) is 1.07. The summed E-state index contributed by atoms with van der Waals surface area (Å²) in [5.74, 6) is 0.192. The van der Waals surface area contributed by atoms with E-state index < -0.39 is 0 Å². The highest BCUT2D eigenvalue weighted by Crippen LogP contribution is 2.17. The molecule has 0 heterocycles. The van der Waals surface area contributed by atoms with Crippen LogP contribution < -0.4 is 0 Å². The molecule has 1 atom stereocenters. The Morgan fingerprint density at radius 3 is 2.50 bits per heavy atom. The molecule has 0 aliphatic heterocycles. The predicted molar refractivity (Wildman–Crippen MR) is 49.8 cm³/mol. The van der Waals surface area contributed by atoms with Crippen molar-refractivity contribution in [1.82, 2.24) is 0 Å². The van der Waals surface area contributed by atoms with Crippen molar-refractivity contribution in [2.75, 3.05) is 6.61 Å². The number of hydrogen-bond donors (Lipinski definition) is 0. The van der Waals surface area contributed by atoms with Crippen molar-refractivity contribution in [3.05, 3.63) is 12.7 Å². The largest absolute Gasteiger partial charge is 0.466 e. The van der Waals surface area contributed by atoms with E-state index in [2.05, 4.69) is 6.58 Å². The molecule has 1 unspecified atom stereocenters. The van der Waals surface area contributed by atoms with Crippen LogP contribution in [-0.2, 0) is 9.53 Å². The maximum absolute atomic E-state index is 11.3. The topological polar surface area (TPSA) is 26.3 Å². The molecule has 0 radical (unpaired) electrons. The summed E-state index contributed by atoms with van der Waals surface area (Å²) in [4.78, 5) is 11.3. The van der Waals surface area contributed by atoms with Gasteiger partial charge in [0.1, 0.15) is 0 Å². The van der Waals surface area contributed by atoms with E-state index in [1.54, 1.807) is 6.08 Å². The van der Waals surface area contributed by atoms with Crippen LogP contribution in [0.5, 0.6) is 0 Å². The standard InChI is InChI=1S/C10H18O2/c1-5-7-9(8(3)4)10(11)12-6-2/h5,8-9H,1,6-7H2,2-4H3. The van der Waals surface area contributed by atoms with Crippen LogP contribution in [0.3, 0.4) is 0 Å². The third-order valence-corrected chi connectivity index (χ3v) is 1.81. The molecule has 0 spiro atoms. The van der Waals surface area contributed by atoms with Crippen LogP contribution >= 0.6 is 0 Å². The summed E-state index contributed by atoms with van der Waals surface area (Å²) in [6.07, 6.45) is 2.47. The van der Waals surface area contributed by atoms with Crippen LogP contribution in [0.25, 0.3) is 0 Å². The van der Waals surface area contributed by atoms with Crippen LogP contribution in [0.4, 0.5) is 0 Å². The fraction of sp³-hybridized carbons (Fsp3) is 0.700. The van der Waals surface area contributed by atoms with Gasteiger partial charge in [0.25, 0.3) is 0 Å². The summed E-state index contributed by atoms with van der Waals surface area (Å²) in [5.41, 5.74) is 0. The number of carbonyl (C=O) groups is 1. The molecule has 0 aliphatic rings. The molecule has 0 saturated heterocycles. The van der Waals surface area contributed by atoms with Gasteiger partial charge in [-0.2, -0.15) is 0 Å². The predicted octanol–water partition coefficient (Wildman–Crippen LogP) is 2.40. The van der Waals surface area contributed by atoms with Crippen LogP contribution in [0, 0.1) is 11.8 Å². The summed E-state index contributed by atoms with van der Waals surface area (Å²) in [6, 6.07) is 0. The Labute approximate surface area is 74.6 Å². The van der Waals surface area contributed by atoms with Gasteiger partial charge in [-0.25, -0.2) is 0 Å². The molecule has 12 heavy (non-hydrogen) atoms. The van der Waals surface area contributed by atoms with Crippen LogP contribution in [-0.4, -0.2) is 12.6 Å². The zero-order valence-corrected chi connectivity index (χ0v) is 8.17. The van der Waals surface area contributed by atoms with Gasteiger partial charge in [0, 0.05) is 0 Å². The molecule has 70 valence electrons. The molecular formula is C10H18O2. The first-order chi connectivity index (χ1) is 5.63. The Bertz CT molecular complexity index is 150. The minimum absolute atomic E-state index is 0.0255. The fourth-order valence-electron chi connectivity index (χ4n) is 1.07. The van der Waals surface area contributed by atoms with Gasteiger partial charge in [0.15, 0.2) is 0 Å². The molecular weight excluding hydrogens is 152 g/mol. The van der Waals surface area contributed by atoms with E-state index in [1.807, 2.05) is 20.8 Å². The molecule has 0 aliphatic carbocycles. The molecule has 0 bridgehead atoms. The Hall–Kier alpha value is -0.790. The van der Waals surface area contributed by atoms with E-state index in [4.69, 9.17) is 4.74 Å². The second-order valence-electron chi connectivity index (χ2n) is 3.13. The van der Waals surface area contributed by atoms with Crippen molar-refractivity contribution in [3.8, 4) is 0 Å². The SMILES string of the molecule is C=CCC(C(=O)OCC)C(C)C. The molecule has 0 aromatic heterocycles. The van der Waals surface area contributed by atoms with Gasteiger partial charge in [-0.05, 0) is 19.3 Å². The Balaban J connectivity index is 4.08. The Morgan fingerprint density at radius 2 is 2.17 bits per heavy atom.